The number of rotatable bonds is 39. The molecule has 6 nitrogen and oxygen atoms in total. The normalized spacial score (nSPS) is 13.3. The van der Waals surface area contributed by atoms with Gasteiger partial charge >= 0.3 is 5.97 Å². The second kappa shape index (κ2) is 38.1. The second-order valence-electron chi connectivity index (χ2n) is 15.1. The van der Waals surface area contributed by atoms with Gasteiger partial charge in [-0.1, -0.05) is 201 Å². The van der Waals surface area contributed by atoms with Gasteiger partial charge in [-0.25, -0.2) is 0 Å². The van der Waals surface area contributed by atoms with Crippen molar-refractivity contribution in [2.45, 2.75) is 257 Å². The zero-order valence-electron chi connectivity index (χ0n) is 33.1. The molecule has 0 aliphatic carbocycles. The summed E-state index contributed by atoms with van der Waals surface area (Å²) in [5.41, 5.74) is 0. The highest BCUT2D eigenvalue weighted by molar-refractivity contribution is 5.77. The van der Waals surface area contributed by atoms with Crippen molar-refractivity contribution in [2.75, 3.05) is 6.61 Å². The van der Waals surface area contributed by atoms with Gasteiger partial charge in [-0.3, -0.25) is 9.59 Å². The molecule has 0 spiro atoms. The fourth-order valence-corrected chi connectivity index (χ4v) is 6.84. The van der Waals surface area contributed by atoms with Gasteiger partial charge in [0.15, 0.2) is 0 Å². The summed E-state index contributed by atoms with van der Waals surface area (Å²) in [6.07, 6.45) is 37.4. The predicted molar refractivity (Wildman–Crippen MR) is 209 cm³/mol. The number of esters is 1. The minimum atomic E-state index is -0.775. The Morgan fingerprint density at radius 2 is 0.857 bits per heavy atom. The molecule has 49 heavy (non-hydrogen) atoms. The third-order valence-corrected chi connectivity index (χ3v) is 10.2. The number of unbranched alkanes of at least 4 members (excludes halogenated alkanes) is 27. The Morgan fingerprint density at radius 1 is 0.510 bits per heavy atom. The molecule has 1 amide bonds. The van der Waals surface area contributed by atoms with Crippen LogP contribution in [0.2, 0.25) is 0 Å². The number of carbonyl (C=O) groups is 2. The number of aliphatic hydroxyl groups is 2. The Kier molecular flexibility index (Phi) is 37.2. The van der Waals surface area contributed by atoms with E-state index in [9.17, 15) is 19.8 Å². The van der Waals surface area contributed by atoms with E-state index in [1.54, 1.807) is 0 Å². The highest BCUT2D eigenvalue weighted by Crippen LogP contribution is 2.18. The first-order valence-corrected chi connectivity index (χ1v) is 21.8. The first-order valence-electron chi connectivity index (χ1n) is 21.8. The van der Waals surface area contributed by atoms with E-state index in [0.717, 1.165) is 44.9 Å². The summed E-state index contributed by atoms with van der Waals surface area (Å²) in [6.45, 7) is 6.43. The summed E-state index contributed by atoms with van der Waals surface area (Å²) >= 11 is 0. The molecule has 0 bridgehead atoms. The van der Waals surface area contributed by atoms with Gasteiger partial charge in [-0.15, -0.1) is 0 Å². The Labute approximate surface area is 305 Å². The van der Waals surface area contributed by atoms with Gasteiger partial charge in [0.25, 0.3) is 0 Å². The van der Waals surface area contributed by atoms with E-state index in [1.165, 1.54) is 148 Å². The molecule has 0 rings (SSSR count). The third-order valence-electron chi connectivity index (χ3n) is 10.2. The van der Waals surface area contributed by atoms with Crippen LogP contribution in [-0.4, -0.2) is 46.9 Å². The average Bonchev–Trinajstić information content (AvgIpc) is 3.09. The molecule has 0 saturated heterocycles. The predicted octanol–water partition coefficient (Wildman–Crippen LogP) is 12.1. The van der Waals surface area contributed by atoms with Crippen LogP contribution in [-0.2, 0) is 14.3 Å². The highest BCUT2D eigenvalue weighted by atomic mass is 16.5. The number of amides is 1. The van der Waals surface area contributed by atoms with Crippen molar-refractivity contribution in [1.82, 2.24) is 5.32 Å². The summed E-state index contributed by atoms with van der Waals surface area (Å²) in [7, 11) is 0. The van der Waals surface area contributed by atoms with Gasteiger partial charge in [0.05, 0.1) is 25.2 Å². The molecule has 3 N–H and O–H groups in total. The lowest BCUT2D eigenvalue weighted by Gasteiger charge is -2.24. The molecule has 0 radical (unpaired) electrons. The fourth-order valence-electron chi connectivity index (χ4n) is 6.84. The summed E-state index contributed by atoms with van der Waals surface area (Å²) < 4.78 is 5.86. The molecule has 292 valence electrons. The summed E-state index contributed by atoms with van der Waals surface area (Å²) in [5.74, 6) is -0.466. The third kappa shape index (κ3) is 33.7. The maximum atomic E-state index is 13.0. The molecule has 0 fully saturated rings. The molecule has 0 aromatic carbocycles. The first kappa shape index (κ1) is 47.9. The van der Waals surface area contributed by atoms with Gasteiger partial charge in [-0.05, 0) is 25.7 Å². The van der Waals surface area contributed by atoms with Crippen molar-refractivity contribution in [3.63, 3.8) is 0 Å². The maximum absolute atomic E-state index is 13.0. The van der Waals surface area contributed by atoms with Crippen molar-refractivity contribution in [2.24, 2.45) is 0 Å². The zero-order valence-corrected chi connectivity index (χ0v) is 33.1. The molecular weight excluding hydrogens is 610 g/mol. The van der Waals surface area contributed by atoms with Crippen LogP contribution in [0.15, 0.2) is 0 Å². The molecule has 3 atom stereocenters. The summed E-state index contributed by atoms with van der Waals surface area (Å²) in [4.78, 5) is 25.8. The number of ether oxygens (including phenoxy) is 1. The van der Waals surface area contributed by atoms with Gasteiger partial charge < -0.3 is 20.3 Å². The van der Waals surface area contributed by atoms with Gasteiger partial charge in [0, 0.05) is 6.42 Å². The van der Waals surface area contributed by atoms with Gasteiger partial charge in [0.2, 0.25) is 5.91 Å². The Bertz CT molecular complexity index is 702. The SMILES string of the molecule is CCCCCCCCCCCCCCCC(=O)OC(CCCCCCCCC)CC(=O)NC(CO)C(O)CCCCCCCCCCCC. The van der Waals surface area contributed by atoms with E-state index in [-0.39, 0.29) is 24.9 Å². The number of carbonyl (C=O) groups excluding carboxylic acids is 2. The Morgan fingerprint density at radius 3 is 1.24 bits per heavy atom. The van der Waals surface area contributed by atoms with Crippen LogP contribution in [0, 0.1) is 0 Å². The van der Waals surface area contributed by atoms with Crippen LogP contribution in [0.5, 0.6) is 0 Å². The van der Waals surface area contributed by atoms with E-state index < -0.39 is 18.2 Å². The standard InChI is InChI=1S/C43H85NO5/c1-4-7-10-13-16-18-20-21-22-24-27-30-33-36-43(48)49-39(34-31-28-25-15-12-9-6-3)37-42(47)44-40(38-45)41(46)35-32-29-26-23-19-17-14-11-8-5-2/h39-41,45-46H,4-38H2,1-3H3,(H,44,47). The highest BCUT2D eigenvalue weighted by Gasteiger charge is 2.24. The van der Waals surface area contributed by atoms with Gasteiger partial charge in [0.1, 0.15) is 6.10 Å². The van der Waals surface area contributed by atoms with E-state index in [2.05, 4.69) is 26.1 Å². The molecule has 0 aromatic heterocycles. The monoisotopic (exact) mass is 696 g/mol. The summed E-state index contributed by atoms with van der Waals surface area (Å²) in [5, 5.41) is 23.5. The van der Waals surface area contributed by atoms with E-state index in [4.69, 9.17) is 4.74 Å². The lowest BCUT2D eigenvalue weighted by Crippen LogP contribution is -2.46. The molecule has 0 heterocycles. The molecule has 0 aromatic rings. The number of hydrogen-bond acceptors (Lipinski definition) is 5. The molecular formula is C43H85NO5. The zero-order chi connectivity index (χ0) is 36.0. The van der Waals surface area contributed by atoms with Gasteiger partial charge in [-0.2, -0.15) is 0 Å². The molecule has 3 unspecified atom stereocenters. The largest absolute Gasteiger partial charge is 0.462 e. The first-order chi connectivity index (χ1) is 24.0. The smallest absolute Gasteiger partial charge is 0.306 e. The van der Waals surface area contributed by atoms with E-state index in [0.29, 0.717) is 19.3 Å². The minimum Gasteiger partial charge on any atom is -0.462 e. The van der Waals surface area contributed by atoms with Crippen LogP contribution in [0.3, 0.4) is 0 Å². The van der Waals surface area contributed by atoms with Crippen molar-refractivity contribution in [1.29, 1.82) is 0 Å². The van der Waals surface area contributed by atoms with Crippen LogP contribution >= 0.6 is 0 Å². The number of nitrogens with one attached hydrogen (secondary N) is 1. The maximum Gasteiger partial charge on any atom is 0.306 e. The molecule has 6 heteroatoms. The minimum absolute atomic E-state index is 0.0850. The lowest BCUT2D eigenvalue weighted by molar-refractivity contribution is -0.151. The van der Waals surface area contributed by atoms with Crippen LogP contribution in [0.1, 0.15) is 239 Å². The second-order valence-corrected chi connectivity index (χ2v) is 15.1. The van der Waals surface area contributed by atoms with Crippen molar-refractivity contribution < 1.29 is 24.5 Å². The van der Waals surface area contributed by atoms with Crippen LogP contribution in [0.25, 0.3) is 0 Å². The van der Waals surface area contributed by atoms with Crippen molar-refractivity contribution in [3.05, 3.63) is 0 Å². The van der Waals surface area contributed by atoms with E-state index in [1.807, 2.05) is 0 Å². The molecule has 0 saturated carbocycles. The fraction of sp³-hybridized carbons (Fsp3) is 0.953. The number of aliphatic hydroxyl groups excluding tert-OH is 2. The van der Waals surface area contributed by atoms with Crippen molar-refractivity contribution >= 4 is 11.9 Å². The van der Waals surface area contributed by atoms with Crippen LogP contribution < -0.4 is 5.32 Å². The Hall–Kier alpha value is -1.14. The molecule has 0 aliphatic heterocycles. The topological polar surface area (TPSA) is 95.9 Å². The summed E-state index contributed by atoms with van der Waals surface area (Å²) in [6, 6.07) is -0.688. The lowest BCUT2D eigenvalue weighted by atomic mass is 10.0. The molecule has 0 aliphatic rings. The Balaban J connectivity index is 4.43. The quantitative estimate of drug-likeness (QED) is 0.0439. The average molecular weight is 696 g/mol. The van der Waals surface area contributed by atoms with E-state index >= 15 is 0 Å². The van der Waals surface area contributed by atoms with Crippen molar-refractivity contribution in [3.8, 4) is 0 Å². The number of hydrogen-bond donors (Lipinski definition) is 3. The van der Waals surface area contributed by atoms with Crippen LogP contribution in [0.4, 0.5) is 0 Å².